The van der Waals surface area contributed by atoms with Gasteiger partial charge in [0.15, 0.2) is 5.82 Å². The van der Waals surface area contributed by atoms with Gasteiger partial charge in [0.1, 0.15) is 5.82 Å². The fraction of sp³-hybridized carbons (Fsp3) is 0.385. The first-order valence-electron chi connectivity index (χ1n) is 6.04. The number of nitrogen functional groups attached to an aromatic ring is 1. The molecule has 102 valence electrons. The van der Waals surface area contributed by atoms with E-state index in [0.717, 1.165) is 6.42 Å². The van der Waals surface area contributed by atoms with Crippen LogP contribution in [-0.2, 0) is 12.2 Å². The van der Waals surface area contributed by atoms with Crippen molar-refractivity contribution in [2.24, 2.45) is 5.92 Å². The quantitative estimate of drug-likeness (QED) is 0.673. The molecule has 0 bridgehead atoms. The largest absolute Gasteiger partial charge is 0.399 e. The summed E-state index contributed by atoms with van der Waals surface area (Å²) in [5.41, 5.74) is 5.91. The van der Waals surface area contributed by atoms with Crippen LogP contribution in [0.3, 0.4) is 0 Å². The number of rotatable bonds is 5. The van der Waals surface area contributed by atoms with Crippen molar-refractivity contribution < 1.29 is 8.91 Å². The summed E-state index contributed by atoms with van der Waals surface area (Å²) in [5.74, 6) is 1.81. The van der Waals surface area contributed by atoms with Gasteiger partial charge in [0.25, 0.3) is 0 Å². The zero-order valence-corrected chi connectivity index (χ0v) is 11.7. The highest BCUT2D eigenvalue weighted by Crippen LogP contribution is 2.26. The number of halogens is 1. The average molecular weight is 281 g/mol. The van der Waals surface area contributed by atoms with Crippen molar-refractivity contribution in [1.29, 1.82) is 0 Å². The first kappa shape index (κ1) is 13.9. The summed E-state index contributed by atoms with van der Waals surface area (Å²) in [6, 6.07) is 4.63. The molecule has 0 saturated heterocycles. The van der Waals surface area contributed by atoms with Crippen LogP contribution in [0, 0.1) is 11.7 Å². The molecule has 0 aliphatic rings. The maximum absolute atomic E-state index is 13.6. The molecular weight excluding hydrogens is 265 g/mol. The summed E-state index contributed by atoms with van der Waals surface area (Å²) in [5, 5.41) is 3.89. The van der Waals surface area contributed by atoms with Crippen LogP contribution in [0.2, 0.25) is 0 Å². The summed E-state index contributed by atoms with van der Waals surface area (Å²) in [7, 11) is 0. The van der Waals surface area contributed by atoms with Crippen LogP contribution in [-0.4, -0.2) is 10.1 Å². The second-order valence-electron chi connectivity index (χ2n) is 4.68. The maximum Gasteiger partial charge on any atom is 0.237 e. The topological polar surface area (TPSA) is 64.9 Å². The molecule has 19 heavy (non-hydrogen) atoms. The molecule has 0 radical (unpaired) electrons. The van der Waals surface area contributed by atoms with Crippen molar-refractivity contribution >= 4 is 17.4 Å². The zero-order chi connectivity index (χ0) is 13.8. The lowest BCUT2D eigenvalue weighted by Gasteiger charge is -2.01. The minimum absolute atomic E-state index is 0.327. The highest BCUT2D eigenvalue weighted by Gasteiger charge is 2.10. The smallest absolute Gasteiger partial charge is 0.237 e. The van der Waals surface area contributed by atoms with Gasteiger partial charge in [-0.1, -0.05) is 19.0 Å². The highest BCUT2D eigenvalue weighted by atomic mass is 32.2. The number of nitrogens with two attached hydrogens (primary N) is 1. The van der Waals surface area contributed by atoms with Crippen molar-refractivity contribution in [3.8, 4) is 0 Å². The van der Waals surface area contributed by atoms with E-state index in [0.29, 0.717) is 34.0 Å². The van der Waals surface area contributed by atoms with E-state index in [9.17, 15) is 4.39 Å². The third kappa shape index (κ3) is 3.96. The van der Waals surface area contributed by atoms with Crippen molar-refractivity contribution in [2.45, 2.75) is 30.9 Å². The van der Waals surface area contributed by atoms with E-state index >= 15 is 0 Å². The lowest BCUT2D eigenvalue weighted by atomic mass is 10.1. The second kappa shape index (κ2) is 6.06. The van der Waals surface area contributed by atoms with Crippen LogP contribution in [0.5, 0.6) is 0 Å². The predicted octanol–water partition coefficient (Wildman–Crippen LogP) is 3.28. The molecule has 1 aromatic carbocycles. The number of thioether (sulfide) groups is 1. The van der Waals surface area contributed by atoms with Gasteiger partial charge in [-0.15, -0.1) is 11.8 Å². The standard InChI is InChI=1S/C13H16FN3OS/c1-8(2)5-12-16-13(18-17-12)7-19-11-4-3-9(15)6-10(11)14/h3-4,6,8H,5,7,15H2,1-2H3. The molecule has 0 unspecified atom stereocenters. The zero-order valence-electron chi connectivity index (χ0n) is 10.9. The lowest BCUT2D eigenvalue weighted by molar-refractivity contribution is 0.382. The Balaban J connectivity index is 1.96. The Labute approximate surface area is 115 Å². The summed E-state index contributed by atoms with van der Waals surface area (Å²) >= 11 is 1.31. The molecule has 1 heterocycles. The summed E-state index contributed by atoms with van der Waals surface area (Å²) < 4.78 is 18.7. The van der Waals surface area contributed by atoms with Gasteiger partial charge in [-0.2, -0.15) is 4.98 Å². The molecule has 2 aromatic rings. The Hall–Kier alpha value is -1.56. The van der Waals surface area contributed by atoms with Crippen LogP contribution >= 0.6 is 11.8 Å². The van der Waals surface area contributed by atoms with Crippen LogP contribution in [0.25, 0.3) is 0 Å². The van der Waals surface area contributed by atoms with Crippen LogP contribution in [0.4, 0.5) is 10.1 Å². The fourth-order valence-electron chi connectivity index (χ4n) is 1.57. The number of hydrogen-bond donors (Lipinski definition) is 1. The number of benzene rings is 1. The third-order valence-electron chi connectivity index (χ3n) is 2.41. The average Bonchev–Trinajstić information content (AvgIpc) is 2.74. The van der Waals surface area contributed by atoms with Gasteiger partial charge in [0.2, 0.25) is 5.89 Å². The molecule has 2 rings (SSSR count). The summed E-state index contributed by atoms with van der Waals surface area (Å²) in [6.07, 6.45) is 0.782. The Bertz CT molecular complexity index is 557. The number of anilines is 1. The van der Waals surface area contributed by atoms with Gasteiger partial charge in [0, 0.05) is 17.0 Å². The van der Waals surface area contributed by atoms with Gasteiger partial charge in [-0.25, -0.2) is 4.39 Å². The van der Waals surface area contributed by atoms with Crippen molar-refractivity contribution in [1.82, 2.24) is 10.1 Å². The maximum atomic E-state index is 13.6. The molecule has 0 aliphatic heterocycles. The molecular formula is C13H16FN3OS. The molecule has 0 saturated carbocycles. The Morgan fingerprint density at radius 1 is 1.42 bits per heavy atom. The molecule has 1 aromatic heterocycles. The van der Waals surface area contributed by atoms with E-state index in [1.807, 2.05) is 0 Å². The van der Waals surface area contributed by atoms with Crippen molar-refractivity contribution in [3.05, 3.63) is 35.7 Å². The summed E-state index contributed by atoms with van der Waals surface area (Å²) in [4.78, 5) is 4.79. The van der Waals surface area contributed by atoms with Crippen LogP contribution in [0.1, 0.15) is 25.6 Å². The SMILES string of the molecule is CC(C)Cc1noc(CSc2ccc(N)cc2F)n1. The molecule has 0 amide bonds. The Morgan fingerprint density at radius 3 is 2.89 bits per heavy atom. The molecule has 0 atom stereocenters. The van der Waals surface area contributed by atoms with Gasteiger partial charge < -0.3 is 10.3 Å². The van der Waals surface area contributed by atoms with Crippen LogP contribution < -0.4 is 5.73 Å². The number of nitrogens with zero attached hydrogens (tertiary/aromatic N) is 2. The van der Waals surface area contributed by atoms with Crippen molar-refractivity contribution in [3.63, 3.8) is 0 Å². The normalized spacial score (nSPS) is 11.2. The number of aromatic nitrogens is 2. The lowest BCUT2D eigenvalue weighted by Crippen LogP contribution is -1.96. The van der Waals surface area contributed by atoms with E-state index in [2.05, 4.69) is 24.0 Å². The first-order chi connectivity index (χ1) is 9.04. The van der Waals surface area contributed by atoms with E-state index < -0.39 is 0 Å². The highest BCUT2D eigenvalue weighted by molar-refractivity contribution is 7.98. The molecule has 4 nitrogen and oxygen atoms in total. The Morgan fingerprint density at radius 2 is 2.21 bits per heavy atom. The van der Waals surface area contributed by atoms with Crippen LogP contribution in [0.15, 0.2) is 27.6 Å². The predicted molar refractivity (Wildman–Crippen MR) is 73.2 cm³/mol. The summed E-state index contributed by atoms with van der Waals surface area (Å²) in [6.45, 7) is 4.18. The molecule has 2 N–H and O–H groups in total. The molecule has 6 heteroatoms. The minimum Gasteiger partial charge on any atom is -0.399 e. The van der Waals surface area contributed by atoms with Gasteiger partial charge in [-0.3, -0.25) is 0 Å². The van der Waals surface area contributed by atoms with Gasteiger partial charge in [-0.05, 0) is 24.1 Å². The molecule has 0 aliphatic carbocycles. The van der Waals surface area contributed by atoms with Gasteiger partial charge in [0.05, 0.1) is 5.75 Å². The van der Waals surface area contributed by atoms with E-state index in [1.54, 1.807) is 12.1 Å². The Kier molecular flexibility index (Phi) is 4.42. The third-order valence-corrected chi connectivity index (χ3v) is 3.44. The van der Waals surface area contributed by atoms with E-state index in [1.165, 1.54) is 17.8 Å². The molecule has 0 fully saturated rings. The van der Waals surface area contributed by atoms with E-state index in [-0.39, 0.29) is 5.82 Å². The van der Waals surface area contributed by atoms with Gasteiger partial charge >= 0.3 is 0 Å². The first-order valence-corrected chi connectivity index (χ1v) is 7.02. The number of hydrogen-bond acceptors (Lipinski definition) is 5. The van der Waals surface area contributed by atoms with E-state index in [4.69, 9.17) is 10.3 Å². The van der Waals surface area contributed by atoms with Crippen molar-refractivity contribution in [2.75, 3.05) is 5.73 Å². The minimum atomic E-state index is -0.327. The monoisotopic (exact) mass is 281 g/mol. The second-order valence-corrected chi connectivity index (χ2v) is 5.70. The molecule has 0 spiro atoms. The fourth-order valence-corrected chi connectivity index (χ4v) is 2.33.